The third-order valence-corrected chi connectivity index (χ3v) is 6.17. The smallest absolute Gasteiger partial charge is 0.335 e. The molecule has 4 aromatic rings. The van der Waals surface area contributed by atoms with Gasteiger partial charge in [0.2, 0.25) is 0 Å². The number of carbonyl (C=O) groups is 1. The van der Waals surface area contributed by atoms with Gasteiger partial charge in [-0.15, -0.1) is 0 Å². The third kappa shape index (κ3) is 4.96. The van der Waals surface area contributed by atoms with Crippen LogP contribution in [-0.4, -0.2) is 11.1 Å². The Balaban J connectivity index is 1.39. The first-order valence-electron chi connectivity index (χ1n) is 11.7. The van der Waals surface area contributed by atoms with Gasteiger partial charge in [0.05, 0.1) is 5.57 Å². The second-order valence-electron chi connectivity index (χ2n) is 8.54. The monoisotopic (exact) mass is 467 g/mol. The van der Waals surface area contributed by atoms with Crippen LogP contribution < -0.4 is 4.90 Å². The van der Waals surface area contributed by atoms with Gasteiger partial charge in [0, 0.05) is 17.6 Å². The van der Waals surface area contributed by atoms with Gasteiger partial charge in [-0.1, -0.05) is 110 Å². The van der Waals surface area contributed by atoms with E-state index in [9.17, 15) is 4.79 Å². The maximum Gasteiger partial charge on any atom is 0.335 e. The lowest BCUT2D eigenvalue weighted by atomic mass is 10.0. The second kappa shape index (κ2) is 10.2. The minimum Gasteiger partial charge on any atom is -0.478 e. The molecule has 174 valence electrons. The van der Waals surface area contributed by atoms with E-state index in [1.165, 1.54) is 16.7 Å². The van der Waals surface area contributed by atoms with Crippen molar-refractivity contribution < 1.29 is 9.90 Å². The largest absolute Gasteiger partial charge is 0.478 e. The van der Waals surface area contributed by atoms with E-state index < -0.39 is 5.97 Å². The predicted molar refractivity (Wildman–Crippen MR) is 151 cm³/mol. The number of carboxylic acid groups (broad SMARTS) is 1. The molecule has 0 atom stereocenters. The number of benzene rings is 4. The summed E-state index contributed by atoms with van der Waals surface area (Å²) in [7, 11) is 0. The lowest BCUT2D eigenvalue weighted by Gasteiger charge is -2.22. The summed E-state index contributed by atoms with van der Waals surface area (Å²) < 4.78 is 0. The maximum absolute atomic E-state index is 11.1. The van der Waals surface area contributed by atoms with Gasteiger partial charge in [-0.25, -0.2) is 4.79 Å². The van der Waals surface area contributed by atoms with Gasteiger partial charge in [0.15, 0.2) is 0 Å². The highest BCUT2D eigenvalue weighted by atomic mass is 16.4. The Morgan fingerprint density at radius 3 is 1.94 bits per heavy atom. The molecule has 1 aliphatic rings. The molecule has 3 nitrogen and oxygen atoms in total. The van der Waals surface area contributed by atoms with Gasteiger partial charge in [0.25, 0.3) is 0 Å². The van der Waals surface area contributed by atoms with E-state index in [1.54, 1.807) is 12.1 Å². The Morgan fingerprint density at radius 1 is 0.694 bits per heavy atom. The average molecular weight is 468 g/mol. The van der Waals surface area contributed by atoms with E-state index >= 15 is 0 Å². The van der Waals surface area contributed by atoms with Gasteiger partial charge in [-0.2, -0.15) is 0 Å². The van der Waals surface area contributed by atoms with Gasteiger partial charge in [-0.3, -0.25) is 0 Å². The first kappa shape index (κ1) is 22.9. The minimum atomic E-state index is -1.01. The summed E-state index contributed by atoms with van der Waals surface area (Å²) in [6.07, 6.45) is 10.6. The molecular formula is C33H25NO2. The summed E-state index contributed by atoms with van der Waals surface area (Å²) in [5.74, 6) is -1.01. The van der Waals surface area contributed by atoms with Gasteiger partial charge in [0.1, 0.15) is 0 Å². The fourth-order valence-corrected chi connectivity index (χ4v) is 4.17. The van der Waals surface area contributed by atoms with Crippen LogP contribution in [0.2, 0.25) is 0 Å². The van der Waals surface area contributed by atoms with E-state index in [0.717, 1.165) is 22.5 Å². The van der Waals surface area contributed by atoms with Crippen LogP contribution in [-0.2, 0) is 4.79 Å². The molecule has 0 saturated carbocycles. The summed E-state index contributed by atoms with van der Waals surface area (Å²) >= 11 is 0. The fourth-order valence-electron chi connectivity index (χ4n) is 4.17. The number of allylic oxidation sites excluding steroid dienone is 2. The molecule has 3 heteroatoms. The van der Waals surface area contributed by atoms with Crippen molar-refractivity contribution >= 4 is 46.7 Å². The normalized spacial score (nSPS) is 13.2. The molecule has 0 fully saturated rings. The van der Waals surface area contributed by atoms with Gasteiger partial charge in [-0.05, 0) is 57.7 Å². The minimum absolute atomic E-state index is 0.0932. The second-order valence-corrected chi connectivity index (χ2v) is 8.54. The number of nitrogens with zero attached hydrogens (tertiary/aromatic N) is 1. The van der Waals surface area contributed by atoms with Crippen molar-refractivity contribution in [3.05, 3.63) is 150 Å². The van der Waals surface area contributed by atoms with Crippen LogP contribution in [0.3, 0.4) is 0 Å². The molecule has 1 N–H and O–H groups in total. The number of carboxylic acids is 1. The Morgan fingerprint density at radius 2 is 1.28 bits per heavy atom. The zero-order valence-electron chi connectivity index (χ0n) is 19.7. The number of hydrogen-bond donors (Lipinski definition) is 1. The fraction of sp³-hybridized carbons (Fsp3) is 0. The molecule has 36 heavy (non-hydrogen) atoms. The SMILES string of the molecule is C=C(C(=O)O)c1ccc(C=Cc2ccc(N(/C=C3/C=Cc4ccccc43)c3ccccc3)cc2)cc1. The third-order valence-electron chi connectivity index (χ3n) is 6.17. The number of hydrogen-bond acceptors (Lipinski definition) is 2. The van der Waals surface area contributed by atoms with Gasteiger partial charge < -0.3 is 10.0 Å². The van der Waals surface area contributed by atoms with Crippen molar-refractivity contribution in [1.82, 2.24) is 0 Å². The average Bonchev–Trinajstić information content (AvgIpc) is 3.34. The molecule has 0 aliphatic heterocycles. The van der Waals surface area contributed by atoms with Gasteiger partial charge >= 0.3 is 5.97 Å². The van der Waals surface area contributed by atoms with E-state index in [1.807, 2.05) is 42.5 Å². The molecule has 0 aromatic heterocycles. The number of para-hydroxylation sites is 1. The van der Waals surface area contributed by atoms with E-state index in [4.69, 9.17) is 5.11 Å². The van der Waals surface area contributed by atoms with Crippen LogP contribution >= 0.6 is 0 Å². The van der Waals surface area contributed by atoms with Crippen molar-refractivity contribution in [2.75, 3.05) is 4.90 Å². The molecule has 0 heterocycles. The van der Waals surface area contributed by atoms with Crippen molar-refractivity contribution in [1.29, 1.82) is 0 Å². The lowest BCUT2D eigenvalue weighted by Crippen LogP contribution is -2.09. The summed E-state index contributed by atoms with van der Waals surface area (Å²) in [6, 6.07) is 34.5. The first-order valence-corrected chi connectivity index (χ1v) is 11.7. The predicted octanol–water partition coefficient (Wildman–Crippen LogP) is 8.16. The molecule has 0 unspecified atom stereocenters. The molecule has 5 rings (SSSR count). The molecule has 1 aliphatic carbocycles. The molecule has 4 aromatic carbocycles. The highest BCUT2D eigenvalue weighted by Gasteiger charge is 2.13. The van der Waals surface area contributed by atoms with Crippen LogP contribution in [0, 0.1) is 0 Å². The Labute approximate surface area is 211 Å². The Bertz CT molecular complexity index is 1490. The van der Waals surface area contributed by atoms with E-state index in [2.05, 4.69) is 90.5 Å². The standard InChI is InChI=1S/C33H25NO2/c1-24(33(35)36)27-17-13-25(14-18-27)11-12-26-15-21-31(22-16-26)34(30-8-3-2-4-9-30)23-29-20-19-28-7-5-6-10-32(28)29/h2-23H,1H2,(H,35,36)/b12-11?,29-23-. The van der Waals surface area contributed by atoms with Crippen LogP contribution in [0.5, 0.6) is 0 Å². The number of rotatable bonds is 7. The highest BCUT2D eigenvalue weighted by molar-refractivity contribution is 6.14. The molecule has 0 spiro atoms. The Kier molecular flexibility index (Phi) is 6.46. The number of aliphatic carboxylic acids is 1. The highest BCUT2D eigenvalue weighted by Crippen LogP contribution is 2.33. The van der Waals surface area contributed by atoms with E-state index in [-0.39, 0.29) is 5.57 Å². The van der Waals surface area contributed by atoms with Crippen molar-refractivity contribution in [3.63, 3.8) is 0 Å². The summed E-state index contributed by atoms with van der Waals surface area (Å²) in [5.41, 5.74) is 8.57. The van der Waals surface area contributed by atoms with Crippen LogP contribution in [0.4, 0.5) is 11.4 Å². The van der Waals surface area contributed by atoms with Crippen LogP contribution in [0.25, 0.3) is 29.4 Å². The molecule has 0 saturated heterocycles. The first-order chi connectivity index (χ1) is 17.6. The molecule has 0 amide bonds. The quantitative estimate of drug-likeness (QED) is 0.220. The lowest BCUT2D eigenvalue weighted by molar-refractivity contribution is -0.130. The van der Waals surface area contributed by atoms with Crippen molar-refractivity contribution in [2.24, 2.45) is 0 Å². The molecular weight excluding hydrogens is 442 g/mol. The summed E-state index contributed by atoms with van der Waals surface area (Å²) in [6.45, 7) is 3.61. The van der Waals surface area contributed by atoms with Crippen LogP contribution in [0.15, 0.2) is 122 Å². The number of anilines is 2. The maximum atomic E-state index is 11.1. The zero-order chi connectivity index (χ0) is 24.9. The molecule has 0 radical (unpaired) electrons. The van der Waals surface area contributed by atoms with Crippen molar-refractivity contribution in [3.8, 4) is 0 Å². The zero-order valence-corrected chi connectivity index (χ0v) is 19.7. The Hall–Kier alpha value is -4.89. The topological polar surface area (TPSA) is 40.5 Å². The van der Waals surface area contributed by atoms with Crippen LogP contribution in [0.1, 0.15) is 27.8 Å². The van der Waals surface area contributed by atoms with Crippen molar-refractivity contribution in [2.45, 2.75) is 0 Å². The van der Waals surface area contributed by atoms with E-state index in [0.29, 0.717) is 5.56 Å². The number of fused-ring (bicyclic) bond motifs is 1. The molecule has 0 bridgehead atoms. The summed E-state index contributed by atoms with van der Waals surface area (Å²) in [5, 5.41) is 9.09. The summed E-state index contributed by atoms with van der Waals surface area (Å²) in [4.78, 5) is 13.3.